The minimum atomic E-state index is -0.0141. The molecule has 0 unspecified atom stereocenters. The smallest absolute Gasteiger partial charge is 0.233 e. The molecule has 1 aliphatic rings. The summed E-state index contributed by atoms with van der Waals surface area (Å²) >= 11 is 1.58. The van der Waals surface area contributed by atoms with Crippen LogP contribution in [0, 0.1) is 0 Å². The quantitative estimate of drug-likeness (QED) is 0.916. The van der Waals surface area contributed by atoms with Gasteiger partial charge in [-0.2, -0.15) is 16.9 Å². The van der Waals surface area contributed by atoms with E-state index in [1.807, 2.05) is 25.4 Å². The number of rotatable bonds is 5. The van der Waals surface area contributed by atoms with Crippen LogP contribution in [0.2, 0.25) is 0 Å². The van der Waals surface area contributed by atoms with Crippen LogP contribution in [0.1, 0.15) is 42.6 Å². The molecular weight excluding hydrogens is 306 g/mol. The van der Waals surface area contributed by atoms with Gasteiger partial charge in [0.05, 0.1) is 24.0 Å². The third-order valence-corrected chi connectivity index (χ3v) is 5.40. The molecule has 5 heteroatoms. The molecule has 1 amide bonds. The highest BCUT2D eigenvalue weighted by molar-refractivity contribution is 7.99. The maximum atomic E-state index is 12.2. The molecule has 0 spiro atoms. The first kappa shape index (κ1) is 16.1. The van der Waals surface area contributed by atoms with Crippen LogP contribution in [0.5, 0.6) is 0 Å². The van der Waals surface area contributed by atoms with Crippen molar-refractivity contribution in [3.63, 3.8) is 0 Å². The van der Waals surface area contributed by atoms with Crippen molar-refractivity contribution in [3.8, 4) is 0 Å². The summed E-state index contributed by atoms with van der Waals surface area (Å²) in [6.07, 6.45) is 7.02. The lowest BCUT2D eigenvalue weighted by Crippen LogP contribution is -2.35. The van der Waals surface area contributed by atoms with Crippen LogP contribution in [0.15, 0.2) is 36.5 Å². The number of nitrogens with one attached hydrogen (secondary N) is 1. The molecule has 1 heterocycles. The Labute approximate surface area is 141 Å². The molecule has 0 saturated heterocycles. The van der Waals surface area contributed by atoms with E-state index in [0.717, 1.165) is 25.8 Å². The van der Waals surface area contributed by atoms with Gasteiger partial charge < -0.3 is 5.32 Å². The third kappa shape index (κ3) is 3.61. The van der Waals surface area contributed by atoms with E-state index in [2.05, 4.69) is 39.4 Å². The molecule has 1 aromatic heterocycles. The van der Waals surface area contributed by atoms with Gasteiger partial charge in [0.25, 0.3) is 0 Å². The summed E-state index contributed by atoms with van der Waals surface area (Å²) in [7, 11) is 0. The van der Waals surface area contributed by atoms with E-state index in [-0.39, 0.29) is 17.2 Å². The van der Waals surface area contributed by atoms with E-state index in [4.69, 9.17) is 0 Å². The molecule has 4 nitrogen and oxygen atoms in total. The summed E-state index contributed by atoms with van der Waals surface area (Å²) in [5.74, 6) is 0.117. The number of hydrogen-bond acceptors (Lipinski definition) is 3. The van der Waals surface area contributed by atoms with E-state index < -0.39 is 0 Å². The van der Waals surface area contributed by atoms with Gasteiger partial charge in [0, 0.05) is 11.3 Å². The monoisotopic (exact) mass is 329 g/mol. The lowest BCUT2D eigenvalue weighted by atomic mass is 9.93. The maximum Gasteiger partial charge on any atom is 0.233 e. The predicted molar refractivity (Wildman–Crippen MR) is 94.6 cm³/mol. The molecule has 0 bridgehead atoms. The van der Waals surface area contributed by atoms with E-state index >= 15 is 0 Å². The highest BCUT2D eigenvalue weighted by atomic mass is 32.2. The van der Waals surface area contributed by atoms with Gasteiger partial charge >= 0.3 is 0 Å². The minimum Gasteiger partial charge on any atom is -0.348 e. The fourth-order valence-corrected chi connectivity index (χ4v) is 3.34. The van der Waals surface area contributed by atoms with Crippen molar-refractivity contribution >= 4 is 17.7 Å². The zero-order valence-electron chi connectivity index (χ0n) is 13.7. The number of carbonyl (C=O) groups is 1. The van der Waals surface area contributed by atoms with Crippen molar-refractivity contribution in [2.24, 2.45) is 0 Å². The Morgan fingerprint density at radius 2 is 2.22 bits per heavy atom. The molecule has 2 aromatic rings. The maximum absolute atomic E-state index is 12.2. The van der Waals surface area contributed by atoms with Crippen molar-refractivity contribution in [2.45, 2.75) is 44.0 Å². The van der Waals surface area contributed by atoms with Crippen molar-refractivity contribution in [1.82, 2.24) is 15.1 Å². The molecule has 0 radical (unpaired) electrons. The Kier molecular flexibility index (Phi) is 5.06. The number of nitrogens with zero attached hydrogens (tertiary/aromatic N) is 2. The van der Waals surface area contributed by atoms with Crippen LogP contribution in [0.3, 0.4) is 0 Å². The van der Waals surface area contributed by atoms with Gasteiger partial charge in [0.1, 0.15) is 0 Å². The number of carbonyl (C=O) groups excluding carboxylic acids is 1. The van der Waals surface area contributed by atoms with Crippen LogP contribution in [0.4, 0.5) is 0 Å². The predicted octanol–water partition coefficient (Wildman–Crippen LogP) is 3.18. The third-order valence-electron chi connectivity index (χ3n) is 4.48. The normalized spacial score (nSPS) is 18.3. The number of benzene rings is 1. The Morgan fingerprint density at radius 3 is 2.96 bits per heavy atom. The van der Waals surface area contributed by atoms with E-state index in [1.54, 1.807) is 11.8 Å². The molecule has 1 aliphatic carbocycles. The fraction of sp³-hybridized carbons (Fsp3) is 0.444. The summed E-state index contributed by atoms with van der Waals surface area (Å²) < 4.78 is 2.08. The molecule has 23 heavy (non-hydrogen) atoms. The number of hydrogen-bond donors (Lipinski definition) is 1. The van der Waals surface area contributed by atoms with Crippen LogP contribution in [0.25, 0.3) is 0 Å². The summed E-state index contributed by atoms with van der Waals surface area (Å²) in [6, 6.07) is 10.5. The second-order valence-electron chi connectivity index (χ2n) is 6.02. The minimum absolute atomic E-state index is 0.0141. The summed E-state index contributed by atoms with van der Waals surface area (Å²) in [6.45, 7) is 2.74. The first-order valence-electron chi connectivity index (χ1n) is 8.10. The highest BCUT2D eigenvalue weighted by Crippen LogP contribution is 2.30. The van der Waals surface area contributed by atoms with Crippen molar-refractivity contribution < 1.29 is 4.79 Å². The number of thioether (sulfide) groups is 1. The van der Waals surface area contributed by atoms with Crippen LogP contribution < -0.4 is 5.32 Å². The zero-order valence-corrected chi connectivity index (χ0v) is 14.5. The molecule has 122 valence electrons. The average Bonchev–Trinajstić information content (AvgIpc) is 2.99. The van der Waals surface area contributed by atoms with Crippen LogP contribution in [-0.4, -0.2) is 27.2 Å². The second kappa shape index (κ2) is 7.21. The van der Waals surface area contributed by atoms with Gasteiger partial charge in [-0.15, -0.1) is 0 Å². The Bertz CT molecular complexity index is 668. The average molecular weight is 329 g/mol. The first-order valence-corrected chi connectivity index (χ1v) is 9.39. The zero-order chi connectivity index (χ0) is 16.2. The van der Waals surface area contributed by atoms with Gasteiger partial charge in [-0.1, -0.05) is 30.3 Å². The fourth-order valence-electron chi connectivity index (χ4n) is 3.06. The van der Waals surface area contributed by atoms with Gasteiger partial charge in [-0.3, -0.25) is 9.48 Å². The van der Waals surface area contributed by atoms with Crippen molar-refractivity contribution in [2.75, 3.05) is 6.26 Å². The van der Waals surface area contributed by atoms with E-state index in [0.29, 0.717) is 0 Å². The van der Waals surface area contributed by atoms with Crippen molar-refractivity contribution in [3.05, 3.63) is 53.3 Å². The number of fused-ring (bicyclic) bond motifs is 1. The first-order chi connectivity index (χ1) is 11.2. The molecule has 0 saturated carbocycles. The molecular formula is C18H23N3OS. The lowest BCUT2D eigenvalue weighted by molar-refractivity contribution is -0.121. The Morgan fingerprint density at radius 1 is 1.43 bits per heavy atom. The molecule has 1 N–H and O–H groups in total. The standard InChI is InChI=1S/C18H23N3OS/c1-13(23-2)18(22)20-16-9-6-10-17-15(16)11-19-21(17)12-14-7-4-3-5-8-14/h3-5,7-8,11,13,16H,6,9-10,12H2,1-2H3,(H,20,22)/t13-,16+/m1/s1. The topological polar surface area (TPSA) is 46.9 Å². The molecule has 0 aliphatic heterocycles. The summed E-state index contributed by atoms with van der Waals surface area (Å²) in [4.78, 5) is 12.2. The lowest BCUT2D eigenvalue weighted by Gasteiger charge is -2.25. The van der Waals surface area contributed by atoms with E-state index in [9.17, 15) is 4.79 Å². The van der Waals surface area contributed by atoms with Gasteiger partial charge in [0.15, 0.2) is 0 Å². The van der Waals surface area contributed by atoms with Gasteiger partial charge in [-0.05, 0) is 38.0 Å². The molecule has 2 atom stereocenters. The summed E-state index contributed by atoms with van der Waals surface area (Å²) in [5, 5.41) is 7.75. The van der Waals surface area contributed by atoms with E-state index in [1.165, 1.54) is 16.8 Å². The molecule has 0 fully saturated rings. The largest absolute Gasteiger partial charge is 0.348 e. The Hall–Kier alpha value is -1.75. The molecule has 1 aromatic carbocycles. The number of amides is 1. The van der Waals surface area contributed by atoms with Gasteiger partial charge in [-0.25, -0.2) is 0 Å². The van der Waals surface area contributed by atoms with Gasteiger partial charge in [0.2, 0.25) is 5.91 Å². The summed E-state index contributed by atoms with van der Waals surface area (Å²) in [5.41, 5.74) is 3.71. The SMILES string of the molecule is CS[C@H](C)C(=O)N[C@H]1CCCc2c1cnn2Cc1ccccc1. The van der Waals surface area contributed by atoms with Crippen molar-refractivity contribution in [1.29, 1.82) is 0 Å². The number of aromatic nitrogens is 2. The Balaban J connectivity index is 1.77. The van der Waals surface area contributed by atoms with Crippen LogP contribution in [-0.2, 0) is 17.8 Å². The second-order valence-corrected chi connectivity index (χ2v) is 7.20. The highest BCUT2D eigenvalue weighted by Gasteiger charge is 2.26. The van der Waals surface area contributed by atoms with Crippen LogP contribution >= 0.6 is 11.8 Å². The molecule has 3 rings (SSSR count).